The molecule has 7 nitrogen and oxygen atoms in total. The molecule has 166 valence electrons. The number of fused-ring (bicyclic) bond motifs is 3. The summed E-state index contributed by atoms with van der Waals surface area (Å²) in [5.74, 6) is -0.0690. The number of carbonyl (C=O) groups excluding carboxylic acids is 2. The fourth-order valence-corrected chi connectivity index (χ4v) is 6.15. The number of aromatic nitrogens is 1. The fraction of sp³-hybridized carbons (Fsp3) is 0.455. The average molecular weight is 465 g/mol. The minimum Gasteiger partial charge on any atom is -0.461 e. The molecule has 1 heterocycles. The molecule has 4 rings (SSSR count). The van der Waals surface area contributed by atoms with Gasteiger partial charge in [0.25, 0.3) is 5.91 Å². The van der Waals surface area contributed by atoms with Crippen LogP contribution >= 0.6 is 11.6 Å². The highest BCUT2D eigenvalue weighted by Gasteiger charge is 2.40. The first-order chi connectivity index (χ1) is 14.7. The van der Waals surface area contributed by atoms with E-state index in [4.69, 9.17) is 16.3 Å². The third-order valence-electron chi connectivity index (χ3n) is 6.21. The molecule has 1 aromatic heterocycles. The number of esters is 1. The van der Waals surface area contributed by atoms with Gasteiger partial charge in [0.1, 0.15) is 10.7 Å². The van der Waals surface area contributed by atoms with E-state index in [9.17, 15) is 18.0 Å². The minimum absolute atomic E-state index is 0.0751. The van der Waals surface area contributed by atoms with E-state index in [0.717, 1.165) is 29.5 Å². The maximum absolute atomic E-state index is 12.8. The molecule has 2 saturated carbocycles. The van der Waals surface area contributed by atoms with E-state index in [1.165, 1.54) is 12.5 Å². The van der Waals surface area contributed by atoms with Gasteiger partial charge in [-0.15, -0.1) is 0 Å². The molecule has 0 saturated heterocycles. The summed E-state index contributed by atoms with van der Waals surface area (Å²) in [5.41, 5.74) is 0.390. The summed E-state index contributed by atoms with van der Waals surface area (Å²) in [6, 6.07) is 6.79. The molecule has 0 unspecified atom stereocenters. The zero-order valence-corrected chi connectivity index (χ0v) is 19.0. The first kappa shape index (κ1) is 21.9. The van der Waals surface area contributed by atoms with Crippen molar-refractivity contribution in [2.24, 2.45) is 11.8 Å². The smallest absolute Gasteiger partial charge is 0.356 e. The number of benzene rings is 1. The van der Waals surface area contributed by atoms with Gasteiger partial charge < -0.3 is 10.1 Å². The lowest BCUT2D eigenvalue weighted by Crippen LogP contribution is -2.38. The van der Waals surface area contributed by atoms with Crippen LogP contribution in [0, 0.1) is 11.8 Å². The number of nitrogens with one attached hydrogen (secondary N) is 1. The van der Waals surface area contributed by atoms with E-state index in [2.05, 4.69) is 5.32 Å². The summed E-state index contributed by atoms with van der Waals surface area (Å²) < 4.78 is 31.1. The van der Waals surface area contributed by atoms with E-state index in [1.807, 2.05) is 0 Å². The van der Waals surface area contributed by atoms with Crippen molar-refractivity contribution < 1.29 is 22.7 Å². The van der Waals surface area contributed by atoms with Crippen molar-refractivity contribution >= 4 is 50.5 Å². The Morgan fingerprint density at radius 2 is 2.00 bits per heavy atom. The number of rotatable bonds is 6. The standard InChI is InChI=1S/C22H25ClN2O5S/c1-3-30-22(27)20-16(15-6-4-5-7-19(15)25(20)31(2,28)29)12-17(23)21(26)24-18-11-13-8-9-14(18)10-13/h4-7,12-14,18H,3,8-11H2,1-2H3,(H,24,26)/b17-12-/t13-,14+,18-/m1/s1. The predicted octanol–water partition coefficient (Wildman–Crippen LogP) is 3.51. The highest BCUT2D eigenvalue weighted by Crippen LogP contribution is 2.44. The van der Waals surface area contributed by atoms with Crippen molar-refractivity contribution in [1.29, 1.82) is 0 Å². The molecular formula is C22H25ClN2O5S. The topological polar surface area (TPSA) is 94.5 Å². The Bertz CT molecular complexity index is 1180. The zero-order chi connectivity index (χ0) is 22.3. The molecule has 0 radical (unpaired) electrons. The Balaban J connectivity index is 1.77. The molecule has 2 aliphatic rings. The summed E-state index contributed by atoms with van der Waals surface area (Å²) in [7, 11) is -3.84. The molecule has 31 heavy (non-hydrogen) atoms. The van der Waals surface area contributed by atoms with E-state index in [0.29, 0.717) is 22.7 Å². The molecular weight excluding hydrogens is 440 g/mol. The Kier molecular flexibility index (Phi) is 5.87. The normalized spacial score (nSPS) is 23.3. The Hall–Kier alpha value is -2.32. The van der Waals surface area contributed by atoms with Gasteiger partial charge in [-0.05, 0) is 50.2 Å². The highest BCUT2D eigenvalue weighted by molar-refractivity contribution is 7.89. The van der Waals surface area contributed by atoms with Crippen LogP contribution in [0.2, 0.25) is 0 Å². The predicted molar refractivity (Wildman–Crippen MR) is 119 cm³/mol. The summed E-state index contributed by atoms with van der Waals surface area (Å²) in [6.45, 7) is 1.71. The van der Waals surface area contributed by atoms with Gasteiger partial charge in [0.15, 0.2) is 0 Å². The van der Waals surface area contributed by atoms with Gasteiger partial charge in [0, 0.05) is 17.0 Å². The minimum atomic E-state index is -3.84. The number of hydrogen-bond acceptors (Lipinski definition) is 5. The summed E-state index contributed by atoms with van der Waals surface area (Å²) in [6.07, 6.45) is 6.81. The van der Waals surface area contributed by atoms with Crippen LogP contribution in [0.3, 0.4) is 0 Å². The molecule has 2 fully saturated rings. The van der Waals surface area contributed by atoms with Gasteiger partial charge in [0.05, 0.1) is 18.4 Å². The second kappa shape index (κ2) is 8.31. The maximum Gasteiger partial charge on any atom is 0.356 e. The van der Waals surface area contributed by atoms with Crippen molar-refractivity contribution in [3.63, 3.8) is 0 Å². The van der Waals surface area contributed by atoms with Crippen molar-refractivity contribution in [2.75, 3.05) is 12.9 Å². The number of carbonyl (C=O) groups is 2. The molecule has 3 atom stereocenters. The third-order valence-corrected chi connectivity index (χ3v) is 7.54. The van der Waals surface area contributed by atoms with Crippen molar-refractivity contribution in [3.05, 3.63) is 40.6 Å². The third kappa shape index (κ3) is 4.11. The number of halogens is 1. The lowest BCUT2D eigenvalue weighted by atomic mass is 9.95. The first-order valence-electron chi connectivity index (χ1n) is 10.4. The molecule has 0 spiro atoms. The summed E-state index contributed by atoms with van der Waals surface area (Å²) in [5, 5.41) is 3.39. The molecule has 2 aliphatic carbocycles. The molecule has 1 amide bonds. The molecule has 2 bridgehead atoms. The number of hydrogen-bond donors (Lipinski definition) is 1. The Morgan fingerprint density at radius 1 is 1.26 bits per heavy atom. The highest BCUT2D eigenvalue weighted by atomic mass is 35.5. The van der Waals surface area contributed by atoms with Crippen LogP contribution in [0.5, 0.6) is 0 Å². The zero-order valence-electron chi connectivity index (χ0n) is 17.4. The Labute approximate surface area is 186 Å². The van der Waals surface area contributed by atoms with Crippen LogP contribution in [-0.2, 0) is 19.6 Å². The van der Waals surface area contributed by atoms with Crippen molar-refractivity contribution in [1.82, 2.24) is 9.29 Å². The molecule has 1 N–H and O–H groups in total. The fourth-order valence-electron chi connectivity index (χ4n) is 4.97. The van der Waals surface area contributed by atoms with Gasteiger partial charge in [-0.1, -0.05) is 36.2 Å². The van der Waals surface area contributed by atoms with E-state index >= 15 is 0 Å². The second-order valence-corrected chi connectivity index (χ2v) is 10.5. The summed E-state index contributed by atoms with van der Waals surface area (Å²) >= 11 is 6.36. The monoisotopic (exact) mass is 464 g/mol. The number of nitrogens with zero attached hydrogens (tertiary/aromatic N) is 1. The van der Waals surface area contributed by atoms with Crippen LogP contribution < -0.4 is 5.32 Å². The SMILES string of the molecule is CCOC(=O)c1c(/C=C(\Cl)C(=O)N[C@@H]2C[C@@H]3CC[C@H]2C3)c2ccccc2n1S(C)(=O)=O. The van der Waals surface area contributed by atoms with E-state index in [-0.39, 0.29) is 28.9 Å². The average Bonchev–Trinajstić information content (AvgIpc) is 3.40. The van der Waals surface area contributed by atoms with E-state index in [1.54, 1.807) is 31.2 Å². The van der Waals surface area contributed by atoms with Gasteiger partial charge in [-0.3, -0.25) is 4.79 Å². The molecule has 9 heteroatoms. The van der Waals surface area contributed by atoms with Gasteiger partial charge in [0.2, 0.25) is 10.0 Å². The van der Waals surface area contributed by atoms with Crippen LogP contribution in [0.15, 0.2) is 29.3 Å². The second-order valence-electron chi connectivity index (χ2n) is 8.27. The first-order valence-corrected chi connectivity index (χ1v) is 12.6. The largest absolute Gasteiger partial charge is 0.461 e. The maximum atomic E-state index is 12.8. The van der Waals surface area contributed by atoms with Gasteiger partial charge in [-0.2, -0.15) is 0 Å². The van der Waals surface area contributed by atoms with Gasteiger partial charge in [-0.25, -0.2) is 17.2 Å². The van der Waals surface area contributed by atoms with Crippen LogP contribution in [0.25, 0.3) is 17.0 Å². The Morgan fingerprint density at radius 3 is 2.61 bits per heavy atom. The van der Waals surface area contributed by atoms with Crippen molar-refractivity contribution in [2.45, 2.75) is 38.6 Å². The van der Waals surface area contributed by atoms with Crippen molar-refractivity contribution in [3.8, 4) is 0 Å². The molecule has 1 aromatic carbocycles. The number of amides is 1. The van der Waals surface area contributed by atoms with E-state index < -0.39 is 21.9 Å². The van der Waals surface area contributed by atoms with Crippen LogP contribution in [-0.4, -0.2) is 43.2 Å². The summed E-state index contributed by atoms with van der Waals surface area (Å²) in [4.78, 5) is 25.5. The quantitative estimate of drug-likeness (QED) is 0.521. The molecule has 2 aromatic rings. The number of para-hydroxylation sites is 1. The van der Waals surface area contributed by atoms with Crippen LogP contribution in [0.1, 0.15) is 48.7 Å². The van der Waals surface area contributed by atoms with Gasteiger partial charge >= 0.3 is 5.97 Å². The number of ether oxygens (including phenoxy) is 1. The van der Waals surface area contributed by atoms with Crippen LogP contribution in [0.4, 0.5) is 0 Å². The lowest BCUT2D eigenvalue weighted by molar-refractivity contribution is -0.117. The molecule has 0 aliphatic heterocycles. The lowest BCUT2D eigenvalue weighted by Gasteiger charge is -2.22.